The second kappa shape index (κ2) is 8.69. The van der Waals surface area contributed by atoms with E-state index in [2.05, 4.69) is 15.6 Å². The lowest BCUT2D eigenvalue weighted by molar-refractivity contribution is -0.138. The van der Waals surface area contributed by atoms with Crippen molar-refractivity contribution in [3.63, 3.8) is 0 Å². The van der Waals surface area contributed by atoms with Crippen molar-refractivity contribution in [1.82, 2.24) is 15.5 Å². The van der Waals surface area contributed by atoms with Gasteiger partial charge in [-0.25, -0.2) is 0 Å². The molecule has 2 heterocycles. The summed E-state index contributed by atoms with van der Waals surface area (Å²) in [5.41, 5.74) is 0. The van der Waals surface area contributed by atoms with Crippen molar-refractivity contribution < 1.29 is 14.4 Å². The Labute approximate surface area is 152 Å². The van der Waals surface area contributed by atoms with Crippen molar-refractivity contribution >= 4 is 34.7 Å². The van der Waals surface area contributed by atoms with Crippen LogP contribution in [-0.2, 0) is 14.4 Å². The zero-order valence-electron chi connectivity index (χ0n) is 14.5. The van der Waals surface area contributed by atoms with Gasteiger partial charge in [0.05, 0.1) is 12.6 Å². The number of amidine groups is 1. The van der Waals surface area contributed by atoms with E-state index in [1.807, 2.05) is 0 Å². The summed E-state index contributed by atoms with van der Waals surface area (Å²) >= 11 is 1.70. The van der Waals surface area contributed by atoms with Gasteiger partial charge in [-0.1, -0.05) is 31.0 Å². The van der Waals surface area contributed by atoms with E-state index in [1.165, 1.54) is 25.7 Å². The van der Waals surface area contributed by atoms with Crippen LogP contribution in [0.4, 0.5) is 0 Å². The number of thioether (sulfide) groups is 1. The van der Waals surface area contributed by atoms with Crippen LogP contribution in [-0.4, -0.2) is 58.7 Å². The molecule has 8 heteroatoms. The minimum atomic E-state index is -0.120. The number of rotatable bonds is 4. The maximum absolute atomic E-state index is 12.1. The number of nitrogens with one attached hydrogen (secondary N) is 2. The van der Waals surface area contributed by atoms with E-state index in [1.54, 1.807) is 16.7 Å². The largest absolute Gasteiger partial charge is 0.353 e. The number of carbonyl (C=O) groups is 3. The van der Waals surface area contributed by atoms with E-state index in [0.717, 1.165) is 11.6 Å². The third-order valence-electron chi connectivity index (χ3n) is 4.90. The SMILES string of the molecule is O=C1CN(C(=O)CCCC(=O)NC2=N[C@H]3CCCCC[C@@H]3S2)CCN1. The molecular weight excluding hydrogens is 340 g/mol. The van der Waals surface area contributed by atoms with Gasteiger partial charge in [-0.2, -0.15) is 0 Å². The average Bonchev–Trinajstić information content (AvgIpc) is 2.83. The molecule has 138 valence electrons. The van der Waals surface area contributed by atoms with Gasteiger partial charge >= 0.3 is 0 Å². The van der Waals surface area contributed by atoms with Crippen molar-refractivity contribution in [2.75, 3.05) is 19.6 Å². The van der Waals surface area contributed by atoms with Crippen molar-refractivity contribution in [3.8, 4) is 0 Å². The molecule has 0 unspecified atom stereocenters. The molecule has 2 fully saturated rings. The van der Waals surface area contributed by atoms with E-state index >= 15 is 0 Å². The minimum Gasteiger partial charge on any atom is -0.353 e. The Morgan fingerprint density at radius 3 is 2.92 bits per heavy atom. The number of fused-ring (bicyclic) bond motifs is 1. The highest BCUT2D eigenvalue weighted by Gasteiger charge is 2.31. The highest BCUT2D eigenvalue weighted by molar-refractivity contribution is 8.14. The number of hydrogen-bond donors (Lipinski definition) is 2. The third kappa shape index (κ3) is 5.20. The minimum absolute atomic E-state index is 0.0579. The van der Waals surface area contributed by atoms with Crippen molar-refractivity contribution in [2.45, 2.75) is 62.7 Å². The molecule has 1 saturated heterocycles. The lowest BCUT2D eigenvalue weighted by Gasteiger charge is -2.26. The number of piperazine rings is 1. The molecule has 0 bridgehead atoms. The molecule has 3 rings (SSSR count). The van der Waals surface area contributed by atoms with Crippen LogP contribution in [0, 0.1) is 0 Å². The van der Waals surface area contributed by atoms with Crippen LogP contribution in [0.15, 0.2) is 4.99 Å². The van der Waals surface area contributed by atoms with E-state index in [0.29, 0.717) is 43.6 Å². The first-order valence-corrected chi connectivity index (χ1v) is 10.1. The van der Waals surface area contributed by atoms with Crippen LogP contribution in [0.5, 0.6) is 0 Å². The maximum Gasteiger partial charge on any atom is 0.239 e. The number of amides is 3. The summed E-state index contributed by atoms with van der Waals surface area (Å²) < 4.78 is 0. The Morgan fingerprint density at radius 2 is 2.08 bits per heavy atom. The molecule has 1 aliphatic carbocycles. The van der Waals surface area contributed by atoms with Crippen LogP contribution < -0.4 is 10.6 Å². The maximum atomic E-state index is 12.1. The number of nitrogens with zero attached hydrogens (tertiary/aromatic N) is 2. The van der Waals surface area contributed by atoms with Gasteiger partial charge in [-0.05, 0) is 19.3 Å². The van der Waals surface area contributed by atoms with Crippen molar-refractivity contribution in [2.24, 2.45) is 4.99 Å². The van der Waals surface area contributed by atoms with Crippen LogP contribution >= 0.6 is 11.8 Å². The standard InChI is InChI=1S/C17H26N4O3S/c22-14(7-4-8-16(24)21-10-9-18-15(23)11-21)20-17-19-12-5-2-1-3-6-13(12)25-17/h12-13H,1-11H2,(H,18,23)(H,19,20,22)/t12-,13-/m0/s1. The second-order valence-electron chi connectivity index (χ2n) is 6.86. The van der Waals surface area contributed by atoms with E-state index < -0.39 is 0 Å². The Morgan fingerprint density at radius 1 is 1.24 bits per heavy atom. The molecule has 2 atom stereocenters. The highest BCUT2D eigenvalue weighted by Crippen LogP contribution is 2.35. The zero-order chi connectivity index (χ0) is 17.6. The summed E-state index contributed by atoms with van der Waals surface area (Å²) in [6.07, 6.45) is 7.16. The van der Waals surface area contributed by atoms with Gasteiger partial charge in [0, 0.05) is 31.2 Å². The summed E-state index contributed by atoms with van der Waals surface area (Å²) in [6, 6.07) is 0.356. The fourth-order valence-electron chi connectivity index (χ4n) is 3.52. The topological polar surface area (TPSA) is 90.9 Å². The Bertz CT molecular complexity index is 566. The molecule has 7 nitrogen and oxygen atoms in total. The number of hydrogen-bond acceptors (Lipinski definition) is 5. The molecular formula is C17H26N4O3S. The first-order valence-electron chi connectivity index (χ1n) is 9.20. The molecule has 1 saturated carbocycles. The summed E-state index contributed by atoms with van der Waals surface area (Å²) in [7, 11) is 0. The van der Waals surface area contributed by atoms with E-state index in [4.69, 9.17) is 0 Å². The monoisotopic (exact) mass is 366 g/mol. The molecule has 0 aromatic heterocycles. The van der Waals surface area contributed by atoms with Gasteiger partial charge in [0.2, 0.25) is 17.7 Å². The molecule has 0 radical (unpaired) electrons. The number of aliphatic imine (C=N–C) groups is 1. The van der Waals surface area contributed by atoms with Crippen LogP contribution in [0.2, 0.25) is 0 Å². The first kappa shape index (κ1) is 18.2. The van der Waals surface area contributed by atoms with Gasteiger partial charge in [0.25, 0.3) is 0 Å². The molecule has 2 N–H and O–H groups in total. The second-order valence-corrected chi connectivity index (χ2v) is 8.09. The fraction of sp³-hybridized carbons (Fsp3) is 0.765. The summed E-state index contributed by atoms with van der Waals surface area (Å²) in [5.74, 6) is -0.254. The van der Waals surface area contributed by atoms with E-state index in [9.17, 15) is 14.4 Å². The van der Waals surface area contributed by atoms with Gasteiger partial charge in [-0.15, -0.1) is 0 Å². The number of carbonyl (C=O) groups excluding carboxylic acids is 3. The van der Waals surface area contributed by atoms with Gasteiger partial charge in [0.1, 0.15) is 0 Å². The Balaban J connectivity index is 1.36. The average molecular weight is 366 g/mol. The van der Waals surface area contributed by atoms with Gasteiger partial charge in [0.15, 0.2) is 5.17 Å². The molecule has 0 aromatic rings. The van der Waals surface area contributed by atoms with Crippen LogP contribution in [0.25, 0.3) is 0 Å². The molecule has 0 spiro atoms. The summed E-state index contributed by atoms with van der Waals surface area (Å²) in [5, 5.41) is 6.86. The smallest absolute Gasteiger partial charge is 0.239 e. The quantitative estimate of drug-likeness (QED) is 0.778. The first-order chi connectivity index (χ1) is 12.1. The van der Waals surface area contributed by atoms with Crippen LogP contribution in [0.3, 0.4) is 0 Å². The summed E-state index contributed by atoms with van der Waals surface area (Å²) in [4.78, 5) is 41.7. The van der Waals surface area contributed by atoms with Crippen molar-refractivity contribution in [3.05, 3.63) is 0 Å². The lowest BCUT2D eigenvalue weighted by Crippen LogP contribution is -2.49. The Kier molecular flexibility index (Phi) is 6.34. The van der Waals surface area contributed by atoms with Gasteiger partial charge in [-0.3, -0.25) is 19.4 Å². The third-order valence-corrected chi connectivity index (χ3v) is 6.18. The highest BCUT2D eigenvalue weighted by atomic mass is 32.2. The predicted molar refractivity (Wildman–Crippen MR) is 97.3 cm³/mol. The molecule has 2 aliphatic heterocycles. The molecule has 3 aliphatic rings. The molecule has 25 heavy (non-hydrogen) atoms. The van der Waals surface area contributed by atoms with E-state index in [-0.39, 0.29) is 24.3 Å². The zero-order valence-corrected chi connectivity index (χ0v) is 15.3. The van der Waals surface area contributed by atoms with Crippen molar-refractivity contribution in [1.29, 1.82) is 0 Å². The molecule has 3 amide bonds. The predicted octanol–water partition coefficient (Wildman–Crippen LogP) is 1.04. The van der Waals surface area contributed by atoms with Crippen LogP contribution in [0.1, 0.15) is 51.4 Å². The normalized spacial score (nSPS) is 26.3. The fourth-order valence-corrected chi connectivity index (χ4v) is 4.81. The Hall–Kier alpha value is -1.57. The molecule has 0 aromatic carbocycles. The lowest BCUT2D eigenvalue weighted by atomic mass is 10.1. The van der Waals surface area contributed by atoms with Gasteiger partial charge < -0.3 is 15.5 Å². The summed E-state index contributed by atoms with van der Waals surface area (Å²) in [6.45, 7) is 1.18.